The first-order chi connectivity index (χ1) is 12.7. The van der Waals surface area contributed by atoms with Gasteiger partial charge in [0, 0.05) is 12.0 Å². The molecule has 136 valence electrons. The zero-order valence-electron chi connectivity index (χ0n) is 14.4. The zero-order chi connectivity index (χ0) is 17.9. The third-order valence-corrected chi connectivity index (χ3v) is 4.91. The van der Waals surface area contributed by atoms with Gasteiger partial charge in [-0.15, -0.1) is 16.4 Å². The van der Waals surface area contributed by atoms with Crippen LogP contribution in [0.15, 0.2) is 29.6 Å². The van der Waals surface area contributed by atoms with Crippen LogP contribution in [0.2, 0.25) is 0 Å². The van der Waals surface area contributed by atoms with Crippen LogP contribution < -0.4 is 0 Å². The van der Waals surface area contributed by atoms with Crippen molar-refractivity contribution in [2.75, 3.05) is 13.2 Å². The first kappa shape index (κ1) is 17.3. The van der Waals surface area contributed by atoms with E-state index in [1.165, 1.54) is 23.5 Å². The van der Waals surface area contributed by atoms with Gasteiger partial charge in [0.25, 0.3) is 0 Å². The van der Waals surface area contributed by atoms with Gasteiger partial charge in [0.05, 0.1) is 23.4 Å². The fourth-order valence-electron chi connectivity index (χ4n) is 2.88. The molecule has 2 aromatic heterocycles. The van der Waals surface area contributed by atoms with Crippen LogP contribution >= 0.6 is 11.3 Å². The van der Waals surface area contributed by atoms with E-state index in [0.717, 1.165) is 24.5 Å². The van der Waals surface area contributed by atoms with Crippen molar-refractivity contribution in [3.63, 3.8) is 0 Å². The van der Waals surface area contributed by atoms with Crippen LogP contribution in [0.3, 0.4) is 0 Å². The maximum atomic E-state index is 13.7. The lowest BCUT2D eigenvalue weighted by Gasteiger charge is -2.10. The molecule has 26 heavy (non-hydrogen) atoms. The molecule has 3 aromatic rings. The molecule has 0 N–H and O–H groups in total. The Morgan fingerprint density at radius 3 is 3.04 bits per heavy atom. The molecule has 6 nitrogen and oxygen atoms in total. The Morgan fingerprint density at radius 2 is 2.31 bits per heavy atom. The van der Waals surface area contributed by atoms with E-state index in [0.29, 0.717) is 29.6 Å². The minimum absolute atomic E-state index is 0.140. The SMILES string of the molecule is Cc1nc(-c2nc(COC[C@@H]3CCCO3)n(-c3cccc(F)c3)n2)cs1. The lowest BCUT2D eigenvalue weighted by molar-refractivity contribution is 0.00818. The van der Waals surface area contributed by atoms with Crippen molar-refractivity contribution in [2.45, 2.75) is 32.5 Å². The maximum Gasteiger partial charge on any atom is 0.201 e. The zero-order valence-corrected chi connectivity index (χ0v) is 15.2. The molecule has 0 unspecified atom stereocenters. The molecule has 3 heterocycles. The third-order valence-electron chi connectivity index (χ3n) is 4.13. The molecular formula is C18H19FN4O2S. The number of ether oxygens (including phenoxy) is 2. The Kier molecular flexibility index (Phi) is 5.05. The van der Waals surface area contributed by atoms with Crippen molar-refractivity contribution >= 4 is 11.3 Å². The minimum atomic E-state index is -0.324. The van der Waals surface area contributed by atoms with Gasteiger partial charge in [0.1, 0.15) is 18.1 Å². The van der Waals surface area contributed by atoms with Crippen LogP contribution in [0, 0.1) is 12.7 Å². The Bertz CT molecular complexity index is 889. The van der Waals surface area contributed by atoms with Gasteiger partial charge in [0.2, 0.25) is 5.82 Å². The highest BCUT2D eigenvalue weighted by atomic mass is 32.1. The molecule has 0 saturated carbocycles. The van der Waals surface area contributed by atoms with E-state index in [-0.39, 0.29) is 18.5 Å². The summed E-state index contributed by atoms with van der Waals surface area (Å²) in [7, 11) is 0. The van der Waals surface area contributed by atoms with Crippen LogP contribution in [0.4, 0.5) is 4.39 Å². The molecule has 1 aliphatic rings. The van der Waals surface area contributed by atoms with Gasteiger partial charge < -0.3 is 9.47 Å². The Morgan fingerprint density at radius 1 is 1.38 bits per heavy atom. The number of nitrogens with zero attached hydrogens (tertiary/aromatic N) is 4. The lowest BCUT2D eigenvalue weighted by atomic mass is 10.2. The first-order valence-electron chi connectivity index (χ1n) is 8.53. The highest BCUT2D eigenvalue weighted by Gasteiger charge is 2.18. The number of aromatic nitrogens is 4. The summed E-state index contributed by atoms with van der Waals surface area (Å²) in [5, 5.41) is 7.38. The Hall–Kier alpha value is -2.16. The van der Waals surface area contributed by atoms with Gasteiger partial charge in [-0.3, -0.25) is 0 Å². The van der Waals surface area contributed by atoms with E-state index in [1.807, 2.05) is 12.3 Å². The number of thiazole rings is 1. The topological polar surface area (TPSA) is 62.1 Å². The number of rotatable bonds is 6. The van der Waals surface area contributed by atoms with Crippen LogP contribution in [0.1, 0.15) is 23.7 Å². The Balaban J connectivity index is 1.60. The number of hydrogen-bond donors (Lipinski definition) is 0. The molecule has 0 bridgehead atoms. The summed E-state index contributed by atoms with van der Waals surface area (Å²) in [5.74, 6) is 0.791. The standard InChI is InChI=1S/C18H19FN4O2S/c1-12-20-16(11-26-12)18-21-17(10-24-9-15-6-3-7-25-15)23(22-18)14-5-2-4-13(19)8-14/h2,4-5,8,11,15H,3,6-7,9-10H2,1H3/t15-/m0/s1. The predicted octanol–water partition coefficient (Wildman–Crippen LogP) is 3.53. The van der Waals surface area contributed by atoms with Crippen molar-refractivity contribution in [1.29, 1.82) is 0 Å². The van der Waals surface area contributed by atoms with Crippen molar-refractivity contribution in [1.82, 2.24) is 19.7 Å². The second kappa shape index (κ2) is 7.61. The highest BCUT2D eigenvalue weighted by molar-refractivity contribution is 7.09. The second-order valence-electron chi connectivity index (χ2n) is 6.15. The molecule has 1 aromatic carbocycles. The molecule has 1 aliphatic heterocycles. The molecule has 0 spiro atoms. The molecule has 0 radical (unpaired) electrons. The molecular weight excluding hydrogens is 355 g/mol. The summed E-state index contributed by atoms with van der Waals surface area (Å²) >= 11 is 1.54. The molecule has 4 rings (SSSR count). The molecule has 1 atom stereocenters. The molecule has 0 amide bonds. The average Bonchev–Trinajstić information content (AvgIpc) is 3.36. The molecule has 1 saturated heterocycles. The number of hydrogen-bond acceptors (Lipinski definition) is 6. The van der Waals surface area contributed by atoms with Gasteiger partial charge >= 0.3 is 0 Å². The second-order valence-corrected chi connectivity index (χ2v) is 7.21. The minimum Gasteiger partial charge on any atom is -0.376 e. The van der Waals surface area contributed by atoms with E-state index < -0.39 is 0 Å². The smallest absolute Gasteiger partial charge is 0.201 e. The van der Waals surface area contributed by atoms with Crippen LogP contribution in [0.25, 0.3) is 17.2 Å². The van der Waals surface area contributed by atoms with Crippen molar-refractivity contribution in [2.24, 2.45) is 0 Å². The quantitative estimate of drug-likeness (QED) is 0.660. The number of aryl methyl sites for hydroxylation is 1. The average molecular weight is 374 g/mol. The van der Waals surface area contributed by atoms with Gasteiger partial charge in [-0.1, -0.05) is 6.07 Å². The van der Waals surface area contributed by atoms with Crippen molar-refractivity contribution in [3.05, 3.63) is 46.3 Å². The summed E-state index contributed by atoms with van der Waals surface area (Å²) in [6.07, 6.45) is 2.22. The summed E-state index contributed by atoms with van der Waals surface area (Å²) in [6.45, 7) is 3.51. The van der Waals surface area contributed by atoms with Crippen LogP contribution in [-0.4, -0.2) is 39.1 Å². The van der Waals surface area contributed by atoms with Crippen LogP contribution in [0.5, 0.6) is 0 Å². The van der Waals surface area contributed by atoms with E-state index in [9.17, 15) is 4.39 Å². The van der Waals surface area contributed by atoms with Gasteiger partial charge in [-0.05, 0) is 38.0 Å². The largest absolute Gasteiger partial charge is 0.376 e. The monoisotopic (exact) mass is 374 g/mol. The van der Waals surface area contributed by atoms with Crippen molar-refractivity contribution in [3.8, 4) is 17.2 Å². The summed E-state index contributed by atoms with van der Waals surface area (Å²) < 4.78 is 26.6. The van der Waals surface area contributed by atoms with Gasteiger partial charge in [0.15, 0.2) is 5.82 Å². The molecule has 1 fully saturated rings. The fourth-order valence-corrected chi connectivity index (χ4v) is 3.48. The summed E-state index contributed by atoms with van der Waals surface area (Å²) in [5.41, 5.74) is 1.31. The van der Waals surface area contributed by atoms with Crippen molar-refractivity contribution < 1.29 is 13.9 Å². The lowest BCUT2D eigenvalue weighted by Crippen LogP contribution is -2.15. The summed E-state index contributed by atoms with van der Waals surface area (Å²) in [4.78, 5) is 9.01. The highest BCUT2D eigenvalue weighted by Crippen LogP contribution is 2.21. The third kappa shape index (κ3) is 3.82. The number of benzene rings is 1. The maximum absolute atomic E-state index is 13.7. The fraction of sp³-hybridized carbons (Fsp3) is 0.389. The number of halogens is 1. The normalized spacial score (nSPS) is 17.1. The van der Waals surface area contributed by atoms with E-state index >= 15 is 0 Å². The summed E-state index contributed by atoms with van der Waals surface area (Å²) in [6, 6.07) is 6.26. The van der Waals surface area contributed by atoms with E-state index in [1.54, 1.807) is 16.8 Å². The molecule has 8 heteroatoms. The van der Waals surface area contributed by atoms with Crippen LogP contribution in [-0.2, 0) is 16.1 Å². The van der Waals surface area contributed by atoms with E-state index in [4.69, 9.17) is 9.47 Å². The van der Waals surface area contributed by atoms with Gasteiger partial charge in [-0.25, -0.2) is 19.0 Å². The Labute approximate surface area is 154 Å². The first-order valence-corrected chi connectivity index (χ1v) is 9.41. The molecule has 0 aliphatic carbocycles. The van der Waals surface area contributed by atoms with E-state index in [2.05, 4.69) is 15.1 Å². The predicted molar refractivity (Wildman–Crippen MR) is 95.8 cm³/mol. The van der Waals surface area contributed by atoms with Gasteiger partial charge in [-0.2, -0.15) is 0 Å².